The summed E-state index contributed by atoms with van der Waals surface area (Å²) in [7, 11) is 3.80. The van der Waals surface area contributed by atoms with Gasteiger partial charge in [-0.15, -0.1) is 0 Å². The predicted molar refractivity (Wildman–Crippen MR) is 71.7 cm³/mol. The second-order valence-electron chi connectivity index (χ2n) is 4.55. The number of nitrogens with zero attached hydrogens (tertiary/aromatic N) is 4. The maximum atomic E-state index is 6.26. The van der Waals surface area contributed by atoms with Crippen molar-refractivity contribution in [3.8, 4) is 0 Å². The maximum Gasteiger partial charge on any atom is 0.0953 e. The van der Waals surface area contributed by atoms with Gasteiger partial charge in [-0.05, 0) is 27.0 Å². The minimum absolute atomic E-state index is 0.0522. The van der Waals surface area contributed by atoms with Gasteiger partial charge in [0.25, 0.3) is 0 Å². The molecule has 2 heterocycles. The molecule has 0 aliphatic heterocycles. The normalized spacial score (nSPS) is 13.2. The first-order valence-corrected chi connectivity index (χ1v) is 6.32. The number of aryl methyl sites for hydroxylation is 1. The zero-order valence-electron chi connectivity index (χ0n) is 11.1. The van der Waals surface area contributed by atoms with Gasteiger partial charge in [0.05, 0.1) is 28.6 Å². The van der Waals surface area contributed by atoms with Gasteiger partial charge in [0.1, 0.15) is 0 Å². The van der Waals surface area contributed by atoms with E-state index in [4.69, 9.17) is 11.6 Å². The van der Waals surface area contributed by atoms with Crippen LogP contribution in [0, 0.1) is 0 Å². The predicted octanol–water partition coefficient (Wildman–Crippen LogP) is 2.16. The van der Waals surface area contributed by atoms with E-state index in [-0.39, 0.29) is 12.1 Å². The Morgan fingerprint density at radius 1 is 1.39 bits per heavy atom. The third kappa shape index (κ3) is 2.28. The van der Waals surface area contributed by atoms with E-state index < -0.39 is 0 Å². The minimum Gasteiger partial charge on any atom is -0.307 e. The smallest absolute Gasteiger partial charge is 0.0953 e. The highest BCUT2D eigenvalue weighted by atomic mass is 35.5. The van der Waals surface area contributed by atoms with E-state index in [2.05, 4.69) is 29.4 Å². The van der Waals surface area contributed by atoms with E-state index in [0.717, 1.165) is 11.4 Å². The van der Waals surface area contributed by atoms with E-state index in [0.29, 0.717) is 5.02 Å². The van der Waals surface area contributed by atoms with Crippen molar-refractivity contribution in [2.45, 2.75) is 25.9 Å². The standard InChI is InChI=1S/C12H18ClN5/c1-8(2)18-12(9(13)7-15-18)11(14-3)10-5-6-17(4)16-10/h5-8,11,14H,1-4H3. The van der Waals surface area contributed by atoms with Crippen LogP contribution in [0.3, 0.4) is 0 Å². The summed E-state index contributed by atoms with van der Waals surface area (Å²) in [6, 6.07) is 2.19. The fourth-order valence-corrected chi connectivity index (χ4v) is 2.28. The molecule has 1 atom stereocenters. The zero-order chi connectivity index (χ0) is 13.3. The second-order valence-corrected chi connectivity index (χ2v) is 4.96. The summed E-state index contributed by atoms with van der Waals surface area (Å²) in [4.78, 5) is 0. The van der Waals surface area contributed by atoms with Crippen molar-refractivity contribution in [1.82, 2.24) is 24.9 Å². The lowest BCUT2D eigenvalue weighted by molar-refractivity contribution is 0.479. The Kier molecular flexibility index (Phi) is 3.73. The summed E-state index contributed by atoms with van der Waals surface area (Å²) < 4.78 is 3.71. The zero-order valence-corrected chi connectivity index (χ0v) is 11.8. The Morgan fingerprint density at radius 2 is 2.11 bits per heavy atom. The summed E-state index contributed by atoms with van der Waals surface area (Å²) >= 11 is 6.26. The molecule has 0 fully saturated rings. The van der Waals surface area contributed by atoms with E-state index in [1.165, 1.54) is 0 Å². The van der Waals surface area contributed by atoms with Gasteiger partial charge in [0, 0.05) is 19.3 Å². The number of halogens is 1. The van der Waals surface area contributed by atoms with Gasteiger partial charge >= 0.3 is 0 Å². The Bertz CT molecular complexity index is 528. The van der Waals surface area contributed by atoms with Crippen molar-refractivity contribution in [3.05, 3.63) is 34.9 Å². The molecule has 2 rings (SSSR count). The molecule has 0 saturated carbocycles. The molecule has 0 saturated heterocycles. The monoisotopic (exact) mass is 267 g/mol. The van der Waals surface area contributed by atoms with Crippen molar-refractivity contribution in [3.63, 3.8) is 0 Å². The van der Waals surface area contributed by atoms with Crippen LogP contribution in [0.5, 0.6) is 0 Å². The molecule has 0 spiro atoms. The van der Waals surface area contributed by atoms with Crippen LogP contribution < -0.4 is 5.32 Å². The summed E-state index contributed by atoms with van der Waals surface area (Å²) in [5.41, 5.74) is 1.89. The largest absolute Gasteiger partial charge is 0.307 e. The third-order valence-corrected chi connectivity index (χ3v) is 3.16. The van der Waals surface area contributed by atoms with Gasteiger partial charge in [-0.2, -0.15) is 10.2 Å². The van der Waals surface area contributed by atoms with Crippen molar-refractivity contribution >= 4 is 11.6 Å². The molecule has 1 unspecified atom stereocenters. The number of rotatable bonds is 4. The highest BCUT2D eigenvalue weighted by Crippen LogP contribution is 2.28. The molecular formula is C12H18ClN5. The number of aromatic nitrogens is 4. The first kappa shape index (κ1) is 13.1. The van der Waals surface area contributed by atoms with Crippen LogP contribution in [0.25, 0.3) is 0 Å². The molecule has 0 aliphatic carbocycles. The van der Waals surface area contributed by atoms with Crippen molar-refractivity contribution in [2.24, 2.45) is 7.05 Å². The van der Waals surface area contributed by atoms with Crippen LogP contribution in [-0.2, 0) is 7.05 Å². The number of hydrogen-bond acceptors (Lipinski definition) is 3. The van der Waals surface area contributed by atoms with Crippen molar-refractivity contribution in [2.75, 3.05) is 7.05 Å². The fourth-order valence-electron chi connectivity index (χ4n) is 2.04. The van der Waals surface area contributed by atoms with E-state index >= 15 is 0 Å². The Hall–Kier alpha value is -1.33. The lowest BCUT2D eigenvalue weighted by atomic mass is 10.1. The molecule has 0 aliphatic rings. The summed E-state index contributed by atoms with van der Waals surface area (Å²) in [6.45, 7) is 4.16. The number of hydrogen-bond donors (Lipinski definition) is 1. The summed E-state index contributed by atoms with van der Waals surface area (Å²) in [5, 5.41) is 12.7. The molecule has 6 heteroatoms. The molecule has 1 N–H and O–H groups in total. The van der Waals surface area contributed by atoms with E-state index in [9.17, 15) is 0 Å². The van der Waals surface area contributed by atoms with Crippen LogP contribution in [0.1, 0.15) is 37.3 Å². The Morgan fingerprint density at radius 3 is 2.61 bits per heavy atom. The molecule has 2 aromatic heterocycles. The molecular weight excluding hydrogens is 250 g/mol. The summed E-state index contributed by atoms with van der Waals surface area (Å²) in [5.74, 6) is 0. The van der Waals surface area contributed by atoms with Gasteiger partial charge < -0.3 is 5.32 Å². The lowest BCUT2D eigenvalue weighted by Crippen LogP contribution is -2.23. The molecule has 0 bridgehead atoms. The highest BCUT2D eigenvalue weighted by molar-refractivity contribution is 6.31. The second kappa shape index (κ2) is 5.12. The summed E-state index contributed by atoms with van der Waals surface area (Å²) in [6.07, 6.45) is 3.60. The number of nitrogens with one attached hydrogen (secondary N) is 1. The quantitative estimate of drug-likeness (QED) is 0.924. The molecule has 0 aromatic carbocycles. The Balaban J connectivity index is 2.47. The van der Waals surface area contributed by atoms with Gasteiger partial charge in [-0.25, -0.2) is 0 Å². The van der Waals surface area contributed by atoms with Crippen molar-refractivity contribution in [1.29, 1.82) is 0 Å². The topological polar surface area (TPSA) is 47.7 Å². The highest BCUT2D eigenvalue weighted by Gasteiger charge is 2.23. The molecule has 18 heavy (non-hydrogen) atoms. The molecule has 98 valence electrons. The van der Waals surface area contributed by atoms with Crippen LogP contribution in [-0.4, -0.2) is 26.6 Å². The van der Waals surface area contributed by atoms with Gasteiger partial charge in [0.2, 0.25) is 0 Å². The molecule has 0 radical (unpaired) electrons. The molecule has 0 amide bonds. The van der Waals surface area contributed by atoms with Crippen LogP contribution in [0.4, 0.5) is 0 Å². The molecule has 5 nitrogen and oxygen atoms in total. The van der Waals surface area contributed by atoms with Crippen molar-refractivity contribution < 1.29 is 0 Å². The third-order valence-electron chi connectivity index (χ3n) is 2.87. The lowest BCUT2D eigenvalue weighted by Gasteiger charge is -2.18. The van der Waals surface area contributed by atoms with Crippen LogP contribution in [0.2, 0.25) is 5.02 Å². The molecule has 2 aromatic rings. The van der Waals surface area contributed by atoms with Gasteiger partial charge in [-0.1, -0.05) is 11.6 Å². The maximum absolute atomic E-state index is 6.26. The van der Waals surface area contributed by atoms with Crippen LogP contribution >= 0.6 is 11.6 Å². The van der Waals surface area contributed by atoms with Gasteiger partial charge in [0.15, 0.2) is 0 Å². The van der Waals surface area contributed by atoms with E-state index in [1.807, 2.05) is 31.0 Å². The fraction of sp³-hybridized carbons (Fsp3) is 0.500. The van der Waals surface area contributed by atoms with Gasteiger partial charge in [-0.3, -0.25) is 9.36 Å². The first-order chi connectivity index (χ1) is 8.54. The SMILES string of the molecule is CNC(c1ccn(C)n1)c1c(Cl)cnn1C(C)C. The average molecular weight is 268 g/mol. The first-order valence-electron chi connectivity index (χ1n) is 5.94. The van der Waals surface area contributed by atoms with Crippen LogP contribution in [0.15, 0.2) is 18.5 Å². The Labute approximate surface area is 112 Å². The van der Waals surface area contributed by atoms with E-state index in [1.54, 1.807) is 10.9 Å². The minimum atomic E-state index is -0.0522. The average Bonchev–Trinajstić information content (AvgIpc) is 2.88.